The van der Waals surface area contributed by atoms with Crippen molar-refractivity contribution in [3.63, 3.8) is 0 Å². The molecule has 0 aliphatic heterocycles. The van der Waals surface area contributed by atoms with E-state index in [1.54, 1.807) is 0 Å². The zero-order valence-electron chi connectivity index (χ0n) is 17.0. The van der Waals surface area contributed by atoms with E-state index in [-0.39, 0.29) is 48.3 Å². The van der Waals surface area contributed by atoms with Gasteiger partial charge in [0.1, 0.15) is 6.61 Å². The Morgan fingerprint density at radius 2 is 1.72 bits per heavy atom. The van der Waals surface area contributed by atoms with Gasteiger partial charge in [-0.15, -0.1) is 23.4 Å². The molecule has 6 fully saturated rings. The Morgan fingerprint density at radius 1 is 1.06 bits per heavy atom. The minimum absolute atomic E-state index is 0.141. The second-order valence-electron chi connectivity index (χ2n) is 10.2. The second kappa shape index (κ2) is 6.40. The van der Waals surface area contributed by atoms with E-state index in [1.165, 1.54) is 0 Å². The van der Waals surface area contributed by atoms with E-state index in [2.05, 4.69) is 20.3 Å². The number of rotatable bonds is 7. The van der Waals surface area contributed by atoms with Crippen LogP contribution in [0, 0.1) is 11.8 Å². The van der Waals surface area contributed by atoms with Gasteiger partial charge in [0.2, 0.25) is 17.7 Å². The Bertz CT molecular complexity index is 910. The van der Waals surface area contributed by atoms with Crippen molar-refractivity contribution in [1.29, 1.82) is 0 Å². The SMILES string of the molecule is O=C(COC1CC2C(C1)C2(F)F)NC12CC(c3nnc(C4CC(OC(F)(F)F)C4)o3)(C1)C2. The summed E-state index contributed by atoms with van der Waals surface area (Å²) in [4.78, 5) is 12.2. The third kappa shape index (κ3) is 3.24. The smallest absolute Gasteiger partial charge is 0.424 e. The highest BCUT2D eigenvalue weighted by Crippen LogP contribution is 2.67. The number of nitrogens with one attached hydrogen (secondary N) is 1. The number of halogens is 5. The molecular formula is C20H22F5N3O4. The molecule has 2 bridgehead atoms. The number of amides is 1. The van der Waals surface area contributed by atoms with Crippen molar-refractivity contribution in [2.24, 2.45) is 11.8 Å². The molecule has 0 spiro atoms. The maximum absolute atomic E-state index is 13.2. The molecule has 1 amide bonds. The molecule has 6 aliphatic carbocycles. The predicted molar refractivity (Wildman–Crippen MR) is 94.5 cm³/mol. The highest BCUT2D eigenvalue weighted by Gasteiger charge is 2.73. The molecular weight excluding hydrogens is 441 g/mol. The Labute approximate surface area is 179 Å². The van der Waals surface area contributed by atoms with E-state index in [4.69, 9.17) is 9.15 Å². The maximum Gasteiger partial charge on any atom is 0.522 e. The average Bonchev–Trinajstić information content (AvgIpc) is 3.06. The zero-order valence-corrected chi connectivity index (χ0v) is 17.0. The van der Waals surface area contributed by atoms with Gasteiger partial charge in [-0.3, -0.25) is 9.53 Å². The van der Waals surface area contributed by atoms with Crippen LogP contribution in [0.4, 0.5) is 22.0 Å². The molecule has 12 heteroatoms. The Kier molecular flexibility index (Phi) is 4.15. The third-order valence-corrected chi connectivity index (χ3v) is 7.92. The number of carbonyl (C=O) groups is 1. The van der Waals surface area contributed by atoms with Crippen LogP contribution in [0.3, 0.4) is 0 Å². The molecule has 176 valence electrons. The van der Waals surface area contributed by atoms with Crippen LogP contribution in [0.5, 0.6) is 0 Å². The average molecular weight is 463 g/mol. The van der Waals surface area contributed by atoms with Crippen LogP contribution in [-0.2, 0) is 19.7 Å². The topological polar surface area (TPSA) is 86.5 Å². The number of carbonyl (C=O) groups excluding carboxylic acids is 1. The van der Waals surface area contributed by atoms with Gasteiger partial charge in [-0.25, -0.2) is 8.78 Å². The summed E-state index contributed by atoms with van der Waals surface area (Å²) in [5.74, 6) is -3.42. The summed E-state index contributed by atoms with van der Waals surface area (Å²) in [5.41, 5.74) is -0.620. The molecule has 7 rings (SSSR count). The molecule has 2 atom stereocenters. The molecule has 32 heavy (non-hydrogen) atoms. The van der Waals surface area contributed by atoms with Gasteiger partial charge in [-0.05, 0) is 44.9 Å². The van der Waals surface area contributed by atoms with Crippen LogP contribution in [0.1, 0.15) is 62.6 Å². The number of alkyl halides is 5. The van der Waals surface area contributed by atoms with Crippen molar-refractivity contribution in [3.05, 3.63) is 11.8 Å². The van der Waals surface area contributed by atoms with Crippen LogP contribution in [0.25, 0.3) is 0 Å². The van der Waals surface area contributed by atoms with Crippen molar-refractivity contribution in [2.75, 3.05) is 6.61 Å². The highest BCUT2D eigenvalue weighted by atomic mass is 19.4. The molecule has 1 heterocycles. The lowest BCUT2D eigenvalue weighted by molar-refractivity contribution is -0.352. The standard InChI is InChI=1S/C20H22F5N3O4/c21-19(22)12-3-10(4-13(12)19)30-5-14(29)26-18-6-17(7-18,8-18)16-28-27-15(31-16)9-1-11(2-9)32-20(23,24)25/h9-13H,1-8H2,(H,26,29). The van der Waals surface area contributed by atoms with Crippen molar-refractivity contribution < 1.29 is 40.6 Å². The first-order valence-electron chi connectivity index (χ1n) is 10.9. The Morgan fingerprint density at radius 3 is 2.34 bits per heavy atom. The van der Waals surface area contributed by atoms with Crippen molar-refractivity contribution >= 4 is 5.91 Å². The van der Waals surface area contributed by atoms with Gasteiger partial charge in [0.15, 0.2) is 0 Å². The minimum Gasteiger partial charge on any atom is -0.424 e. The van der Waals surface area contributed by atoms with Crippen molar-refractivity contribution in [1.82, 2.24) is 15.5 Å². The van der Waals surface area contributed by atoms with Gasteiger partial charge < -0.3 is 14.5 Å². The van der Waals surface area contributed by atoms with Gasteiger partial charge in [0.25, 0.3) is 5.92 Å². The molecule has 1 aromatic heterocycles. The van der Waals surface area contributed by atoms with Crippen LogP contribution in [-0.4, -0.2) is 52.7 Å². The quantitative estimate of drug-likeness (QED) is 0.625. The molecule has 1 N–H and O–H groups in total. The fourth-order valence-electron chi connectivity index (χ4n) is 6.24. The van der Waals surface area contributed by atoms with E-state index in [1.807, 2.05) is 0 Å². The summed E-state index contributed by atoms with van der Waals surface area (Å²) >= 11 is 0. The summed E-state index contributed by atoms with van der Waals surface area (Å²) < 4.78 is 78.4. The molecule has 6 saturated carbocycles. The highest BCUT2D eigenvalue weighted by molar-refractivity contribution is 5.79. The summed E-state index contributed by atoms with van der Waals surface area (Å²) in [5, 5.41) is 11.1. The maximum atomic E-state index is 13.2. The normalized spacial score (nSPS) is 43.0. The van der Waals surface area contributed by atoms with Gasteiger partial charge in [0.05, 0.1) is 17.6 Å². The third-order valence-electron chi connectivity index (χ3n) is 7.92. The zero-order chi connectivity index (χ0) is 22.5. The molecule has 6 aliphatic rings. The van der Waals surface area contributed by atoms with Gasteiger partial charge in [-0.1, -0.05) is 0 Å². The van der Waals surface area contributed by atoms with E-state index in [9.17, 15) is 26.7 Å². The molecule has 2 unspecified atom stereocenters. The van der Waals surface area contributed by atoms with Gasteiger partial charge >= 0.3 is 6.36 Å². The number of ether oxygens (including phenoxy) is 2. The van der Waals surface area contributed by atoms with Gasteiger partial charge in [0, 0.05) is 23.3 Å². The fourth-order valence-corrected chi connectivity index (χ4v) is 6.24. The lowest BCUT2D eigenvalue weighted by Crippen LogP contribution is -2.77. The van der Waals surface area contributed by atoms with E-state index in [0.29, 0.717) is 43.9 Å². The first kappa shape index (κ1) is 20.8. The summed E-state index contributed by atoms with van der Waals surface area (Å²) in [6, 6.07) is 0. The molecule has 0 aromatic carbocycles. The van der Waals surface area contributed by atoms with Crippen LogP contribution in [0.15, 0.2) is 4.42 Å². The van der Waals surface area contributed by atoms with Gasteiger partial charge in [-0.2, -0.15) is 0 Å². The van der Waals surface area contributed by atoms with Crippen molar-refractivity contribution in [3.8, 4) is 0 Å². The Balaban J connectivity index is 0.940. The fraction of sp³-hybridized carbons (Fsp3) is 0.850. The minimum atomic E-state index is -4.64. The first-order chi connectivity index (χ1) is 15.0. The number of fused-ring (bicyclic) bond motifs is 1. The largest absolute Gasteiger partial charge is 0.522 e. The van der Waals surface area contributed by atoms with Crippen LogP contribution < -0.4 is 5.32 Å². The summed E-state index contributed by atoms with van der Waals surface area (Å²) in [7, 11) is 0. The Hall–Kier alpha value is -1.82. The molecule has 7 nitrogen and oxygen atoms in total. The van der Waals surface area contributed by atoms with Crippen LogP contribution >= 0.6 is 0 Å². The summed E-state index contributed by atoms with van der Waals surface area (Å²) in [6.07, 6.45) is -2.85. The monoisotopic (exact) mass is 463 g/mol. The predicted octanol–water partition coefficient (Wildman–Crippen LogP) is 3.20. The van der Waals surface area contributed by atoms with Crippen molar-refractivity contribution in [2.45, 2.75) is 86.3 Å². The second-order valence-corrected chi connectivity index (χ2v) is 10.2. The molecule has 1 aromatic rings. The number of hydrogen-bond donors (Lipinski definition) is 1. The number of hydrogen-bond acceptors (Lipinski definition) is 6. The van der Waals surface area contributed by atoms with E-state index in [0.717, 1.165) is 0 Å². The lowest BCUT2D eigenvalue weighted by atomic mass is 9.39. The molecule has 0 saturated heterocycles. The van der Waals surface area contributed by atoms with E-state index >= 15 is 0 Å². The number of aromatic nitrogens is 2. The lowest BCUT2D eigenvalue weighted by Gasteiger charge is -2.68. The number of nitrogens with zero attached hydrogens (tertiary/aromatic N) is 2. The molecule has 0 radical (unpaired) electrons. The van der Waals surface area contributed by atoms with Crippen LogP contribution in [0.2, 0.25) is 0 Å². The summed E-state index contributed by atoms with van der Waals surface area (Å²) in [6.45, 7) is -0.141. The van der Waals surface area contributed by atoms with E-state index < -0.39 is 30.2 Å². The first-order valence-corrected chi connectivity index (χ1v) is 10.9.